The first-order chi connectivity index (χ1) is 9.16. The van der Waals surface area contributed by atoms with Gasteiger partial charge in [0.05, 0.1) is 0 Å². The highest BCUT2D eigenvalue weighted by Crippen LogP contribution is 2.12. The molecule has 1 amide bonds. The van der Waals surface area contributed by atoms with Crippen LogP contribution in [0.1, 0.15) is 18.4 Å². The molecule has 0 bridgehead atoms. The Morgan fingerprint density at radius 2 is 2.05 bits per heavy atom. The smallest absolute Gasteiger partial charge is 0.222 e. The summed E-state index contributed by atoms with van der Waals surface area (Å²) in [6, 6.07) is 3.35. The monoisotopic (exact) mass is 304 g/mol. The van der Waals surface area contributed by atoms with Gasteiger partial charge in [-0.2, -0.15) is 0 Å². The van der Waals surface area contributed by atoms with Gasteiger partial charge < -0.3 is 10.2 Å². The minimum absolute atomic E-state index is 0. The zero-order valence-corrected chi connectivity index (χ0v) is 12.0. The minimum Gasteiger partial charge on any atom is -0.341 e. The third-order valence-corrected chi connectivity index (χ3v) is 3.31. The van der Waals surface area contributed by atoms with Crippen molar-refractivity contribution in [2.75, 3.05) is 26.2 Å². The van der Waals surface area contributed by atoms with Crippen LogP contribution in [0.3, 0.4) is 0 Å². The van der Waals surface area contributed by atoms with Crippen molar-refractivity contribution < 1.29 is 13.6 Å². The van der Waals surface area contributed by atoms with Gasteiger partial charge in [-0.3, -0.25) is 4.79 Å². The number of nitrogens with one attached hydrogen (secondary N) is 1. The van der Waals surface area contributed by atoms with Crippen molar-refractivity contribution in [2.24, 2.45) is 0 Å². The molecule has 112 valence electrons. The lowest BCUT2D eigenvalue weighted by atomic mass is 10.1. The maximum absolute atomic E-state index is 13.4. The average molecular weight is 305 g/mol. The molecule has 20 heavy (non-hydrogen) atoms. The molecule has 1 aromatic carbocycles. The molecule has 1 N–H and O–H groups in total. The van der Waals surface area contributed by atoms with Gasteiger partial charge in [0.2, 0.25) is 5.91 Å². The van der Waals surface area contributed by atoms with Crippen molar-refractivity contribution in [3.63, 3.8) is 0 Å². The summed E-state index contributed by atoms with van der Waals surface area (Å²) in [5.41, 5.74) is 0.265. The summed E-state index contributed by atoms with van der Waals surface area (Å²) in [6.07, 6.45) is 1.40. The summed E-state index contributed by atoms with van der Waals surface area (Å²) in [7, 11) is 0. The Labute approximate surface area is 123 Å². The van der Waals surface area contributed by atoms with Crippen molar-refractivity contribution >= 4 is 18.3 Å². The Balaban J connectivity index is 0.00000200. The molecule has 3 nitrogen and oxygen atoms in total. The topological polar surface area (TPSA) is 32.3 Å². The number of carbonyl (C=O) groups is 1. The standard InChI is InChI=1S/C14H18F2N2O.ClH/c15-12-3-4-13(16)11(10-12)2-5-14(19)18-8-1-6-17-7-9-18;/h3-4,10,17H,1-2,5-9H2;1H. The van der Waals surface area contributed by atoms with Crippen LogP contribution in [-0.2, 0) is 11.2 Å². The van der Waals surface area contributed by atoms with Crippen molar-refractivity contribution in [3.05, 3.63) is 35.4 Å². The molecule has 2 rings (SSSR count). The molecule has 0 unspecified atom stereocenters. The van der Waals surface area contributed by atoms with E-state index in [1.807, 2.05) is 0 Å². The van der Waals surface area contributed by atoms with Gasteiger partial charge in [0.15, 0.2) is 0 Å². The zero-order valence-electron chi connectivity index (χ0n) is 11.2. The Morgan fingerprint density at radius 1 is 1.25 bits per heavy atom. The number of aryl methyl sites for hydroxylation is 1. The predicted molar refractivity (Wildman–Crippen MR) is 76.0 cm³/mol. The normalized spacial score (nSPS) is 15.4. The molecule has 0 spiro atoms. The molecule has 1 heterocycles. The first-order valence-corrected chi connectivity index (χ1v) is 6.59. The van der Waals surface area contributed by atoms with Gasteiger partial charge >= 0.3 is 0 Å². The van der Waals surface area contributed by atoms with E-state index < -0.39 is 11.6 Å². The number of halogens is 3. The van der Waals surface area contributed by atoms with Crippen LogP contribution in [0.5, 0.6) is 0 Å². The molecule has 0 saturated carbocycles. The SMILES string of the molecule is Cl.O=C(CCc1cc(F)ccc1F)N1CCCNCC1. The van der Waals surface area contributed by atoms with Crippen LogP contribution in [-0.4, -0.2) is 37.0 Å². The van der Waals surface area contributed by atoms with Crippen LogP contribution < -0.4 is 5.32 Å². The number of rotatable bonds is 3. The molecule has 1 aromatic rings. The molecule has 1 saturated heterocycles. The largest absolute Gasteiger partial charge is 0.341 e. The fraction of sp³-hybridized carbons (Fsp3) is 0.500. The van der Waals surface area contributed by atoms with Gasteiger partial charge in [-0.25, -0.2) is 8.78 Å². The van der Waals surface area contributed by atoms with E-state index in [0.29, 0.717) is 6.54 Å². The molecular weight excluding hydrogens is 286 g/mol. The van der Waals surface area contributed by atoms with E-state index in [9.17, 15) is 13.6 Å². The van der Waals surface area contributed by atoms with Crippen molar-refractivity contribution in [1.29, 1.82) is 0 Å². The number of benzene rings is 1. The Hall–Kier alpha value is -1.20. The maximum atomic E-state index is 13.4. The summed E-state index contributed by atoms with van der Waals surface area (Å²) >= 11 is 0. The maximum Gasteiger partial charge on any atom is 0.222 e. The van der Waals surface area contributed by atoms with E-state index in [-0.39, 0.29) is 36.7 Å². The predicted octanol–water partition coefficient (Wildman–Crippen LogP) is 2.14. The summed E-state index contributed by atoms with van der Waals surface area (Å²) < 4.78 is 26.4. The molecule has 1 aliphatic rings. The van der Waals surface area contributed by atoms with Gasteiger partial charge in [-0.05, 0) is 43.1 Å². The lowest BCUT2D eigenvalue weighted by Crippen LogP contribution is -2.34. The van der Waals surface area contributed by atoms with Crippen LogP contribution in [0.15, 0.2) is 18.2 Å². The fourth-order valence-electron chi connectivity index (χ4n) is 2.23. The second-order valence-corrected chi connectivity index (χ2v) is 4.72. The molecule has 6 heteroatoms. The highest BCUT2D eigenvalue weighted by Gasteiger charge is 2.15. The van der Waals surface area contributed by atoms with E-state index in [1.54, 1.807) is 4.90 Å². The van der Waals surface area contributed by atoms with E-state index in [4.69, 9.17) is 0 Å². The van der Waals surface area contributed by atoms with Crippen LogP contribution in [0.2, 0.25) is 0 Å². The molecule has 1 fully saturated rings. The number of hydrogen-bond donors (Lipinski definition) is 1. The van der Waals surface area contributed by atoms with Crippen LogP contribution in [0.4, 0.5) is 8.78 Å². The van der Waals surface area contributed by atoms with Gasteiger partial charge in [0.1, 0.15) is 11.6 Å². The van der Waals surface area contributed by atoms with Gasteiger partial charge in [0, 0.05) is 26.1 Å². The molecular formula is C14H19ClF2N2O. The third kappa shape index (κ3) is 4.72. The summed E-state index contributed by atoms with van der Waals surface area (Å²) in [5.74, 6) is -0.915. The summed E-state index contributed by atoms with van der Waals surface area (Å²) in [6.45, 7) is 3.13. The number of nitrogens with zero attached hydrogens (tertiary/aromatic N) is 1. The Bertz CT molecular complexity index is 449. The second kappa shape index (κ2) is 8.17. The molecule has 0 aliphatic carbocycles. The molecule has 1 aliphatic heterocycles. The third-order valence-electron chi connectivity index (χ3n) is 3.31. The minimum atomic E-state index is -0.470. The first-order valence-electron chi connectivity index (χ1n) is 6.59. The van der Waals surface area contributed by atoms with Crippen molar-refractivity contribution in [2.45, 2.75) is 19.3 Å². The summed E-state index contributed by atoms with van der Waals surface area (Å²) in [4.78, 5) is 13.8. The Morgan fingerprint density at radius 3 is 2.85 bits per heavy atom. The molecule has 0 aromatic heterocycles. The molecule has 0 radical (unpaired) electrons. The van der Waals surface area contributed by atoms with Gasteiger partial charge in [-0.1, -0.05) is 0 Å². The fourth-order valence-corrected chi connectivity index (χ4v) is 2.23. The van der Waals surface area contributed by atoms with Crippen LogP contribution in [0, 0.1) is 11.6 Å². The van der Waals surface area contributed by atoms with Crippen LogP contribution >= 0.6 is 12.4 Å². The summed E-state index contributed by atoms with van der Waals surface area (Å²) in [5, 5.41) is 3.22. The number of carbonyl (C=O) groups excluding carboxylic acids is 1. The van der Waals surface area contributed by atoms with Gasteiger partial charge in [-0.15, -0.1) is 12.4 Å². The lowest BCUT2D eigenvalue weighted by Gasteiger charge is -2.19. The highest BCUT2D eigenvalue weighted by molar-refractivity contribution is 5.85. The van der Waals surface area contributed by atoms with E-state index in [1.165, 1.54) is 0 Å². The average Bonchev–Trinajstić information content (AvgIpc) is 2.68. The first kappa shape index (κ1) is 16.9. The quantitative estimate of drug-likeness (QED) is 0.928. The second-order valence-electron chi connectivity index (χ2n) is 4.72. The van der Waals surface area contributed by atoms with Crippen molar-refractivity contribution in [3.8, 4) is 0 Å². The van der Waals surface area contributed by atoms with E-state index >= 15 is 0 Å². The zero-order chi connectivity index (χ0) is 13.7. The Kier molecular flexibility index (Phi) is 6.88. The van der Waals surface area contributed by atoms with Crippen molar-refractivity contribution in [1.82, 2.24) is 10.2 Å². The van der Waals surface area contributed by atoms with Crippen LogP contribution in [0.25, 0.3) is 0 Å². The lowest BCUT2D eigenvalue weighted by molar-refractivity contribution is -0.130. The highest BCUT2D eigenvalue weighted by atomic mass is 35.5. The number of amides is 1. The number of hydrogen-bond acceptors (Lipinski definition) is 2. The van der Waals surface area contributed by atoms with Gasteiger partial charge in [0.25, 0.3) is 0 Å². The molecule has 0 atom stereocenters. The van der Waals surface area contributed by atoms with E-state index in [2.05, 4.69) is 5.32 Å². The van der Waals surface area contributed by atoms with E-state index in [0.717, 1.165) is 44.3 Å².